The van der Waals surface area contributed by atoms with E-state index in [-0.39, 0.29) is 6.61 Å². The van der Waals surface area contributed by atoms with Crippen molar-refractivity contribution in [2.24, 2.45) is 0 Å². The van der Waals surface area contributed by atoms with Gasteiger partial charge in [-0.15, -0.1) is 0 Å². The van der Waals surface area contributed by atoms with Crippen LogP contribution in [-0.4, -0.2) is 29.3 Å². The first-order valence-corrected chi connectivity index (χ1v) is 8.83. The van der Waals surface area contributed by atoms with Crippen molar-refractivity contribution in [2.45, 2.75) is 26.1 Å². The first-order chi connectivity index (χ1) is 12.6. The fourth-order valence-electron chi connectivity index (χ4n) is 2.70. The molecule has 1 N–H and O–H groups in total. The van der Waals surface area contributed by atoms with Crippen molar-refractivity contribution in [3.05, 3.63) is 77.1 Å². The second-order valence-corrected chi connectivity index (χ2v) is 6.56. The van der Waals surface area contributed by atoms with Crippen molar-refractivity contribution in [2.75, 3.05) is 13.2 Å². The summed E-state index contributed by atoms with van der Waals surface area (Å²) in [5.74, 6) is 3.09. The molecule has 6 heteroatoms. The van der Waals surface area contributed by atoms with Crippen molar-refractivity contribution < 1.29 is 18.7 Å². The van der Waals surface area contributed by atoms with E-state index in [1.807, 2.05) is 43.3 Å². The summed E-state index contributed by atoms with van der Waals surface area (Å²) in [6.07, 6.45) is 0.957. The number of hydrogen-bond donors (Lipinski definition) is 1. The maximum atomic E-state index is 10.4. The third-order valence-electron chi connectivity index (χ3n) is 3.87. The topological polar surface area (TPSA) is 59.0 Å². The van der Waals surface area contributed by atoms with Crippen LogP contribution >= 0.6 is 11.6 Å². The van der Waals surface area contributed by atoms with Crippen molar-refractivity contribution in [3.63, 3.8) is 0 Å². The number of aliphatic hydroxyl groups is 1. The minimum absolute atomic E-state index is 0.148. The molecule has 1 unspecified atom stereocenters. The summed E-state index contributed by atoms with van der Waals surface area (Å²) in [7, 11) is 0. The van der Waals surface area contributed by atoms with Crippen LogP contribution in [0.4, 0.5) is 0 Å². The molecular weight excluding hydrogens is 354 g/mol. The lowest BCUT2D eigenvalue weighted by Crippen LogP contribution is -2.34. The molecule has 138 valence electrons. The third kappa shape index (κ3) is 5.39. The van der Waals surface area contributed by atoms with Gasteiger partial charge in [0.2, 0.25) is 0 Å². The number of para-hydroxylation sites is 1. The number of ether oxygens (including phenoxy) is 1. The van der Waals surface area contributed by atoms with Gasteiger partial charge in [-0.2, -0.15) is 0 Å². The van der Waals surface area contributed by atoms with Crippen LogP contribution in [0, 0.1) is 6.92 Å². The van der Waals surface area contributed by atoms with Crippen molar-refractivity contribution in [1.29, 1.82) is 0 Å². The van der Waals surface area contributed by atoms with E-state index in [0.29, 0.717) is 30.4 Å². The minimum Gasteiger partial charge on any atom is -0.489 e. The Labute approximate surface area is 157 Å². The van der Waals surface area contributed by atoms with Crippen LogP contribution in [0.25, 0.3) is 0 Å². The molecule has 0 amide bonds. The molecule has 2 aromatic heterocycles. The lowest BCUT2D eigenvalue weighted by molar-refractivity contribution is 0.0579. The molecule has 0 radical (unpaired) electrons. The van der Waals surface area contributed by atoms with Crippen molar-refractivity contribution in [3.8, 4) is 5.75 Å². The summed E-state index contributed by atoms with van der Waals surface area (Å²) in [5.41, 5.74) is 0. The Balaban J connectivity index is 1.59. The molecule has 0 saturated carbocycles. The van der Waals surface area contributed by atoms with Crippen LogP contribution in [0.5, 0.6) is 5.75 Å². The Bertz CT molecular complexity index is 800. The smallest absolute Gasteiger partial charge is 0.138 e. The predicted octanol–water partition coefficient (Wildman–Crippen LogP) is 4.28. The molecule has 0 spiro atoms. The molecule has 3 rings (SSSR count). The molecule has 3 aromatic rings. The molecular formula is C20H22ClNO4. The van der Waals surface area contributed by atoms with Crippen LogP contribution in [0.3, 0.4) is 0 Å². The van der Waals surface area contributed by atoms with E-state index in [9.17, 15) is 5.11 Å². The molecule has 26 heavy (non-hydrogen) atoms. The van der Waals surface area contributed by atoms with E-state index in [2.05, 4.69) is 4.90 Å². The number of furan rings is 2. The summed E-state index contributed by atoms with van der Waals surface area (Å²) >= 11 is 6.08. The van der Waals surface area contributed by atoms with Gasteiger partial charge >= 0.3 is 0 Å². The van der Waals surface area contributed by atoms with Gasteiger partial charge in [0.15, 0.2) is 0 Å². The van der Waals surface area contributed by atoms with Crippen molar-refractivity contribution >= 4 is 11.6 Å². The Kier molecular flexibility index (Phi) is 6.39. The normalized spacial score (nSPS) is 12.5. The molecule has 1 aromatic carbocycles. The second-order valence-electron chi connectivity index (χ2n) is 6.16. The Morgan fingerprint density at radius 3 is 2.58 bits per heavy atom. The van der Waals surface area contributed by atoms with E-state index in [4.69, 9.17) is 25.2 Å². The third-order valence-corrected chi connectivity index (χ3v) is 4.18. The molecule has 0 fully saturated rings. The zero-order chi connectivity index (χ0) is 18.4. The van der Waals surface area contributed by atoms with Crippen LogP contribution < -0.4 is 4.74 Å². The van der Waals surface area contributed by atoms with E-state index in [1.54, 1.807) is 18.4 Å². The first kappa shape index (κ1) is 18.6. The average molecular weight is 376 g/mol. The number of aryl methyl sites for hydroxylation is 1. The van der Waals surface area contributed by atoms with E-state index in [1.165, 1.54) is 0 Å². The maximum absolute atomic E-state index is 10.4. The SMILES string of the molecule is Cc1ccc(CN(Cc2ccco2)CC(O)COc2ccccc2Cl)o1. The number of hydrogen-bond acceptors (Lipinski definition) is 5. The fourth-order valence-corrected chi connectivity index (χ4v) is 2.89. The first-order valence-electron chi connectivity index (χ1n) is 8.45. The molecule has 5 nitrogen and oxygen atoms in total. The summed E-state index contributed by atoms with van der Waals surface area (Å²) in [6.45, 7) is 3.60. The molecule has 1 atom stereocenters. The Hall–Kier alpha value is -2.21. The second kappa shape index (κ2) is 8.94. The maximum Gasteiger partial charge on any atom is 0.138 e. The predicted molar refractivity (Wildman–Crippen MR) is 99.2 cm³/mol. The highest BCUT2D eigenvalue weighted by Crippen LogP contribution is 2.23. The van der Waals surface area contributed by atoms with E-state index < -0.39 is 6.10 Å². The lowest BCUT2D eigenvalue weighted by atomic mass is 10.3. The van der Waals surface area contributed by atoms with Gasteiger partial charge in [-0.05, 0) is 43.3 Å². The standard InChI is InChI=1S/C20H22ClNO4/c1-15-8-9-18(26-15)13-22(12-17-5-4-10-24-17)11-16(23)14-25-20-7-3-2-6-19(20)21/h2-10,16,23H,11-14H2,1H3. The molecule has 0 aliphatic rings. The molecule has 0 bridgehead atoms. The van der Waals surface area contributed by atoms with Gasteiger partial charge in [-0.1, -0.05) is 23.7 Å². The highest BCUT2D eigenvalue weighted by molar-refractivity contribution is 6.32. The van der Waals surface area contributed by atoms with Crippen LogP contribution in [0.2, 0.25) is 5.02 Å². The van der Waals surface area contributed by atoms with Crippen LogP contribution in [0.15, 0.2) is 63.6 Å². The average Bonchev–Trinajstić information content (AvgIpc) is 3.26. The minimum atomic E-state index is -0.683. The zero-order valence-corrected chi connectivity index (χ0v) is 15.4. The Morgan fingerprint density at radius 1 is 1.08 bits per heavy atom. The van der Waals surface area contributed by atoms with Gasteiger partial charge in [0.1, 0.15) is 35.7 Å². The highest BCUT2D eigenvalue weighted by atomic mass is 35.5. The van der Waals surface area contributed by atoms with Crippen LogP contribution in [-0.2, 0) is 13.1 Å². The number of aliphatic hydroxyl groups excluding tert-OH is 1. The van der Waals surface area contributed by atoms with Gasteiger partial charge < -0.3 is 18.7 Å². The molecule has 0 aliphatic heterocycles. The van der Waals surface area contributed by atoms with Gasteiger partial charge in [0.25, 0.3) is 0 Å². The summed E-state index contributed by atoms with van der Waals surface area (Å²) in [6, 6.07) is 14.8. The molecule has 0 saturated heterocycles. The Morgan fingerprint density at radius 2 is 1.88 bits per heavy atom. The number of benzene rings is 1. The number of rotatable bonds is 9. The zero-order valence-electron chi connectivity index (χ0n) is 14.6. The monoisotopic (exact) mass is 375 g/mol. The number of halogens is 1. The van der Waals surface area contributed by atoms with E-state index >= 15 is 0 Å². The van der Waals surface area contributed by atoms with E-state index in [0.717, 1.165) is 17.3 Å². The summed E-state index contributed by atoms with van der Waals surface area (Å²) in [4.78, 5) is 2.05. The van der Waals surface area contributed by atoms with Gasteiger partial charge in [0, 0.05) is 6.54 Å². The quantitative estimate of drug-likeness (QED) is 0.605. The summed E-state index contributed by atoms with van der Waals surface area (Å²) < 4.78 is 16.7. The summed E-state index contributed by atoms with van der Waals surface area (Å²) in [5, 5.41) is 10.9. The van der Waals surface area contributed by atoms with Gasteiger partial charge in [-0.25, -0.2) is 0 Å². The fraction of sp³-hybridized carbons (Fsp3) is 0.300. The van der Waals surface area contributed by atoms with Gasteiger partial charge in [-0.3, -0.25) is 4.90 Å². The molecule has 0 aliphatic carbocycles. The number of nitrogens with zero attached hydrogens (tertiary/aromatic N) is 1. The molecule has 2 heterocycles. The van der Waals surface area contributed by atoms with Gasteiger partial charge in [0.05, 0.1) is 24.4 Å². The lowest BCUT2D eigenvalue weighted by Gasteiger charge is -2.23. The highest BCUT2D eigenvalue weighted by Gasteiger charge is 2.16. The van der Waals surface area contributed by atoms with Crippen molar-refractivity contribution in [1.82, 2.24) is 4.90 Å². The largest absolute Gasteiger partial charge is 0.489 e. The van der Waals surface area contributed by atoms with Crippen LogP contribution in [0.1, 0.15) is 17.3 Å².